The number of urea groups is 1. The summed E-state index contributed by atoms with van der Waals surface area (Å²) in [5, 5.41) is 3.44. The van der Waals surface area contributed by atoms with Crippen molar-refractivity contribution in [3.8, 4) is 0 Å². The Morgan fingerprint density at radius 2 is 2.06 bits per heavy atom. The van der Waals surface area contributed by atoms with E-state index in [0.717, 1.165) is 0 Å². The highest BCUT2D eigenvalue weighted by atomic mass is 16.6. The number of nitrogens with two attached hydrogens (primary N) is 2. The molecule has 0 rings (SSSR count). The topological polar surface area (TPSA) is 120 Å². The molecule has 0 saturated heterocycles. The second-order valence-corrected chi connectivity index (χ2v) is 4.21. The highest BCUT2D eigenvalue weighted by Crippen LogP contribution is 2.08. The van der Waals surface area contributed by atoms with Gasteiger partial charge in [-0.2, -0.15) is 5.10 Å². The molecule has 5 N–H and O–H groups in total. The Bertz CT molecular complexity index is 283. The standard InChI is InChI=1S/C9H18N4O3/c1-9(2,3)16-7(14)4-6(10)5-12-13-8(11)15/h5-6H,4,10H2,1-3H3,(H3,11,13,15)/b12-5+/t6-/m0/s1. The summed E-state index contributed by atoms with van der Waals surface area (Å²) in [5.74, 6) is -0.425. The van der Waals surface area contributed by atoms with Gasteiger partial charge in [-0.1, -0.05) is 0 Å². The van der Waals surface area contributed by atoms with Crippen LogP contribution in [0, 0.1) is 0 Å². The van der Waals surface area contributed by atoms with E-state index in [1.54, 1.807) is 20.8 Å². The quantitative estimate of drug-likeness (QED) is 0.349. The van der Waals surface area contributed by atoms with Crippen molar-refractivity contribution in [2.24, 2.45) is 16.6 Å². The first-order valence-corrected chi connectivity index (χ1v) is 4.77. The summed E-state index contributed by atoms with van der Waals surface area (Å²) in [6.07, 6.45) is 1.20. The van der Waals surface area contributed by atoms with E-state index in [-0.39, 0.29) is 6.42 Å². The summed E-state index contributed by atoms with van der Waals surface area (Å²) >= 11 is 0. The Morgan fingerprint density at radius 1 is 1.50 bits per heavy atom. The minimum atomic E-state index is -0.791. The molecule has 1 atom stereocenters. The van der Waals surface area contributed by atoms with Gasteiger partial charge in [0, 0.05) is 6.21 Å². The first-order valence-electron chi connectivity index (χ1n) is 4.77. The maximum atomic E-state index is 11.3. The van der Waals surface area contributed by atoms with E-state index >= 15 is 0 Å². The lowest BCUT2D eigenvalue weighted by molar-refractivity contribution is -0.154. The fraction of sp³-hybridized carbons (Fsp3) is 0.667. The Morgan fingerprint density at radius 3 is 2.50 bits per heavy atom. The van der Waals surface area contributed by atoms with Gasteiger partial charge in [-0.25, -0.2) is 10.2 Å². The third kappa shape index (κ3) is 8.95. The summed E-state index contributed by atoms with van der Waals surface area (Å²) in [6, 6.07) is -1.41. The normalized spacial score (nSPS) is 13.5. The van der Waals surface area contributed by atoms with Crippen LogP contribution < -0.4 is 16.9 Å². The Balaban J connectivity index is 3.96. The SMILES string of the molecule is CC(C)(C)OC(=O)C[C@H](N)/C=N/NC(N)=O. The molecule has 0 aliphatic rings. The molecule has 0 saturated carbocycles. The van der Waals surface area contributed by atoms with Gasteiger partial charge >= 0.3 is 12.0 Å². The Labute approximate surface area is 94.2 Å². The zero-order chi connectivity index (χ0) is 12.8. The fourth-order valence-electron chi connectivity index (χ4n) is 0.825. The minimum Gasteiger partial charge on any atom is -0.460 e. The lowest BCUT2D eigenvalue weighted by Crippen LogP contribution is -2.32. The largest absolute Gasteiger partial charge is 0.460 e. The molecule has 0 aliphatic carbocycles. The second-order valence-electron chi connectivity index (χ2n) is 4.21. The van der Waals surface area contributed by atoms with E-state index in [2.05, 4.69) is 5.10 Å². The monoisotopic (exact) mass is 230 g/mol. The van der Waals surface area contributed by atoms with E-state index in [9.17, 15) is 9.59 Å². The van der Waals surface area contributed by atoms with Crippen molar-refractivity contribution in [2.45, 2.75) is 38.8 Å². The van der Waals surface area contributed by atoms with Crippen LogP contribution in [0.5, 0.6) is 0 Å². The van der Waals surface area contributed by atoms with Crippen molar-refractivity contribution in [1.29, 1.82) is 0 Å². The maximum absolute atomic E-state index is 11.3. The molecule has 7 nitrogen and oxygen atoms in total. The average molecular weight is 230 g/mol. The predicted octanol–water partition coefficient (Wildman–Crippen LogP) is -0.300. The number of hydrazone groups is 1. The highest BCUT2D eigenvalue weighted by molar-refractivity contribution is 5.78. The van der Waals surface area contributed by atoms with Gasteiger partial charge in [0.05, 0.1) is 12.5 Å². The molecule has 0 aliphatic heterocycles. The Hall–Kier alpha value is -1.63. The summed E-state index contributed by atoms with van der Waals surface area (Å²) in [5.41, 5.74) is 11.7. The lowest BCUT2D eigenvalue weighted by Gasteiger charge is -2.20. The first-order chi connectivity index (χ1) is 7.20. The summed E-state index contributed by atoms with van der Waals surface area (Å²) < 4.78 is 5.04. The van der Waals surface area contributed by atoms with Crippen LogP contribution >= 0.6 is 0 Å². The van der Waals surface area contributed by atoms with Crippen LogP contribution in [0.25, 0.3) is 0 Å². The highest BCUT2D eigenvalue weighted by Gasteiger charge is 2.17. The molecule has 7 heteroatoms. The smallest absolute Gasteiger partial charge is 0.332 e. The van der Waals surface area contributed by atoms with Gasteiger partial charge in [-0.3, -0.25) is 4.79 Å². The van der Waals surface area contributed by atoms with Gasteiger partial charge in [0.2, 0.25) is 0 Å². The predicted molar refractivity (Wildman–Crippen MR) is 59.6 cm³/mol. The molecular weight excluding hydrogens is 212 g/mol. The Kier molecular flexibility index (Phi) is 5.44. The number of ether oxygens (including phenoxy) is 1. The number of esters is 1. The molecule has 0 aromatic rings. The number of carbonyl (C=O) groups is 2. The molecule has 0 unspecified atom stereocenters. The van der Waals surface area contributed by atoms with Crippen LogP contribution in [-0.4, -0.2) is 29.9 Å². The number of nitrogens with one attached hydrogen (secondary N) is 1. The van der Waals surface area contributed by atoms with Crippen molar-refractivity contribution in [3.05, 3.63) is 0 Å². The van der Waals surface area contributed by atoms with Gasteiger partial charge in [-0.15, -0.1) is 0 Å². The van der Waals surface area contributed by atoms with E-state index in [4.69, 9.17) is 16.2 Å². The van der Waals surface area contributed by atoms with E-state index in [1.165, 1.54) is 6.21 Å². The number of primary amides is 1. The number of amides is 2. The number of nitrogens with zero attached hydrogens (tertiary/aromatic N) is 1. The molecule has 0 bridgehead atoms. The number of rotatable bonds is 4. The van der Waals surface area contributed by atoms with Crippen molar-refractivity contribution in [2.75, 3.05) is 0 Å². The van der Waals surface area contributed by atoms with E-state index in [0.29, 0.717) is 0 Å². The molecular formula is C9H18N4O3. The summed E-state index contributed by atoms with van der Waals surface area (Å²) in [7, 11) is 0. The maximum Gasteiger partial charge on any atom is 0.332 e. The van der Waals surface area contributed by atoms with Crippen LogP contribution in [-0.2, 0) is 9.53 Å². The van der Waals surface area contributed by atoms with Crippen molar-refractivity contribution >= 4 is 18.2 Å². The van der Waals surface area contributed by atoms with Gasteiger partial charge < -0.3 is 16.2 Å². The molecule has 2 amide bonds. The average Bonchev–Trinajstić information content (AvgIpc) is 1.98. The lowest BCUT2D eigenvalue weighted by atomic mass is 10.2. The van der Waals surface area contributed by atoms with Crippen LogP contribution in [0.2, 0.25) is 0 Å². The molecule has 92 valence electrons. The van der Waals surface area contributed by atoms with E-state index < -0.39 is 23.6 Å². The van der Waals surface area contributed by atoms with E-state index in [1.807, 2.05) is 5.43 Å². The van der Waals surface area contributed by atoms with Gasteiger partial charge in [0.15, 0.2) is 0 Å². The van der Waals surface area contributed by atoms with Gasteiger partial charge in [-0.05, 0) is 20.8 Å². The first kappa shape index (κ1) is 14.4. The number of carbonyl (C=O) groups excluding carboxylic acids is 2. The van der Waals surface area contributed by atoms with Crippen molar-refractivity contribution in [1.82, 2.24) is 5.43 Å². The van der Waals surface area contributed by atoms with Gasteiger partial charge in [0.25, 0.3) is 0 Å². The number of hydrogen-bond donors (Lipinski definition) is 3. The molecule has 0 radical (unpaired) electrons. The van der Waals surface area contributed by atoms with Crippen molar-refractivity contribution < 1.29 is 14.3 Å². The third-order valence-corrected chi connectivity index (χ3v) is 1.26. The van der Waals surface area contributed by atoms with Gasteiger partial charge in [0.1, 0.15) is 5.60 Å². The molecule has 0 spiro atoms. The molecule has 0 fully saturated rings. The van der Waals surface area contributed by atoms with Crippen LogP contribution in [0.1, 0.15) is 27.2 Å². The number of hydrogen-bond acceptors (Lipinski definition) is 5. The summed E-state index contributed by atoms with van der Waals surface area (Å²) in [6.45, 7) is 5.29. The molecule has 0 heterocycles. The zero-order valence-electron chi connectivity index (χ0n) is 9.69. The van der Waals surface area contributed by atoms with Crippen LogP contribution in [0.15, 0.2) is 5.10 Å². The molecule has 0 aromatic heterocycles. The molecule has 16 heavy (non-hydrogen) atoms. The molecule has 0 aromatic carbocycles. The summed E-state index contributed by atoms with van der Waals surface area (Å²) in [4.78, 5) is 21.5. The fourth-order valence-corrected chi connectivity index (χ4v) is 0.825. The second kappa shape index (κ2) is 6.06. The zero-order valence-corrected chi connectivity index (χ0v) is 9.69. The van der Waals surface area contributed by atoms with Crippen molar-refractivity contribution in [3.63, 3.8) is 0 Å². The van der Waals surface area contributed by atoms with Crippen LogP contribution in [0.4, 0.5) is 4.79 Å². The third-order valence-electron chi connectivity index (χ3n) is 1.26. The minimum absolute atomic E-state index is 0.0127. The van der Waals surface area contributed by atoms with Crippen LogP contribution in [0.3, 0.4) is 0 Å².